The zero-order valence-electron chi connectivity index (χ0n) is 10.4. The largest absolute Gasteiger partial charge is 0.494 e. The number of rotatable bonds is 4. The predicted molar refractivity (Wildman–Crippen MR) is 68.9 cm³/mol. The monoisotopic (exact) mass is 246 g/mol. The highest BCUT2D eigenvalue weighted by molar-refractivity contribution is 5.69. The summed E-state index contributed by atoms with van der Waals surface area (Å²) in [6, 6.07) is 8.30. The van der Waals surface area contributed by atoms with E-state index in [0.717, 1.165) is 11.1 Å². The molecule has 0 unspecified atom stereocenters. The fourth-order valence-electron chi connectivity index (χ4n) is 1.87. The summed E-state index contributed by atoms with van der Waals surface area (Å²) in [5.74, 6) is 0.359. The van der Waals surface area contributed by atoms with Crippen LogP contribution in [0.25, 0.3) is 11.3 Å². The maximum absolute atomic E-state index is 13.4. The SMILES string of the molecule is CNCc1ccc(F)cc1-c1ncccc1OC. The summed E-state index contributed by atoms with van der Waals surface area (Å²) in [6.45, 7) is 0.648. The van der Waals surface area contributed by atoms with E-state index < -0.39 is 0 Å². The molecule has 4 heteroatoms. The van der Waals surface area contributed by atoms with Crippen LogP contribution < -0.4 is 10.1 Å². The van der Waals surface area contributed by atoms with Crippen molar-refractivity contribution in [1.82, 2.24) is 10.3 Å². The van der Waals surface area contributed by atoms with E-state index in [1.807, 2.05) is 13.1 Å². The van der Waals surface area contributed by atoms with Crippen molar-refractivity contribution >= 4 is 0 Å². The van der Waals surface area contributed by atoms with E-state index in [9.17, 15) is 4.39 Å². The Labute approximate surface area is 106 Å². The van der Waals surface area contributed by atoms with Crippen molar-refractivity contribution in [2.45, 2.75) is 6.54 Å². The predicted octanol–water partition coefficient (Wildman–Crippen LogP) is 2.62. The van der Waals surface area contributed by atoms with Gasteiger partial charge in [-0.25, -0.2) is 4.39 Å². The number of nitrogens with zero attached hydrogens (tertiary/aromatic N) is 1. The Balaban J connectivity index is 2.57. The van der Waals surface area contributed by atoms with Gasteiger partial charge in [0.05, 0.1) is 7.11 Å². The van der Waals surface area contributed by atoms with Crippen LogP contribution in [0.3, 0.4) is 0 Å². The van der Waals surface area contributed by atoms with Gasteiger partial charge in [0.25, 0.3) is 0 Å². The molecular formula is C14H15FN2O. The average Bonchev–Trinajstić information content (AvgIpc) is 2.41. The van der Waals surface area contributed by atoms with Gasteiger partial charge in [-0.2, -0.15) is 0 Å². The van der Waals surface area contributed by atoms with Crippen molar-refractivity contribution < 1.29 is 9.13 Å². The maximum Gasteiger partial charge on any atom is 0.145 e. The summed E-state index contributed by atoms with van der Waals surface area (Å²) in [4.78, 5) is 4.28. The van der Waals surface area contributed by atoms with E-state index in [0.29, 0.717) is 18.0 Å². The number of halogens is 1. The van der Waals surface area contributed by atoms with Crippen molar-refractivity contribution in [3.8, 4) is 17.0 Å². The lowest BCUT2D eigenvalue weighted by molar-refractivity contribution is 0.414. The minimum atomic E-state index is -0.280. The standard InChI is InChI=1S/C14H15FN2O/c1-16-9-10-5-6-11(15)8-12(10)14-13(18-2)4-3-7-17-14/h3-8,16H,9H2,1-2H3. The molecule has 2 rings (SSSR count). The zero-order valence-corrected chi connectivity index (χ0v) is 10.4. The number of hydrogen-bond donors (Lipinski definition) is 1. The van der Waals surface area contributed by atoms with Crippen molar-refractivity contribution in [3.63, 3.8) is 0 Å². The molecule has 0 aliphatic heterocycles. The molecule has 2 aromatic rings. The van der Waals surface area contributed by atoms with Crippen LogP contribution in [0, 0.1) is 5.82 Å². The number of pyridine rings is 1. The van der Waals surface area contributed by atoms with Gasteiger partial charge < -0.3 is 10.1 Å². The van der Waals surface area contributed by atoms with Crippen LogP contribution in [0.2, 0.25) is 0 Å². The summed E-state index contributed by atoms with van der Waals surface area (Å²) in [5, 5.41) is 3.06. The summed E-state index contributed by atoms with van der Waals surface area (Å²) in [5.41, 5.74) is 2.39. The average molecular weight is 246 g/mol. The first-order valence-electron chi connectivity index (χ1n) is 5.68. The van der Waals surface area contributed by atoms with Gasteiger partial charge in [-0.3, -0.25) is 4.98 Å². The van der Waals surface area contributed by atoms with Gasteiger partial charge in [-0.1, -0.05) is 6.07 Å². The highest BCUT2D eigenvalue weighted by Gasteiger charge is 2.12. The van der Waals surface area contributed by atoms with Gasteiger partial charge in [-0.05, 0) is 36.9 Å². The molecular weight excluding hydrogens is 231 g/mol. The van der Waals surface area contributed by atoms with E-state index in [-0.39, 0.29) is 5.82 Å². The van der Waals surface area contributed by atoms with Crippen molar-refractivity contribution in [2.75, 3.05) is 14.2 Å². The highest BCUT2D eigenvalue weighted by atomic mass is 19.1. The molecule has 0 atom stereocenters. The van der Waals surface area contributed by atoms with Crippen LogP contribution in [-0.2, 0) is 6.54 Å². The second-order valence-electron chi connectivity index (χ2n) is 3.89. The Hall–Kier alpha value is -1.94. The molecule has 0 saturated carbocycles. The number of hydrogen-bond acceptors (Lipinski definition) is 3. The van der Waals surface area contributed by atoms with Gasteiger partial charge in [0.1, 0.15) is 17.3 Å². The molecule has 0 amide bonds. The molecule has 1 N–H and O–H groups in total. The molecule has 0 spiro atoms. The van der Waals surface area contributed by atoms with Gasteiger partial charge in [0.2, 0.25) is 0 Å². The second-order valence-corrected chi connectivity index (χ2v) is 3.89. The van der Waals surface area contributed by atoms with Crippen LogP contribution >= 0.6 is 0 Å². The van der Waals surface area contributed by atoms with E-state index in [2.05, 4.69) is 10.3 Å². The molecule has 0 aliphatic rings. The molecule has 3 nitrogen and oxygen atoms in total. The van der Waals surface area contributed by atoms with Crippen molar-refractivity contribution in [2.24, 2.45) is 0 Å². The number of methoxy groups -OCH3 is 1. The lowest BCUT2D eigenvalue weighted by Gasteiger charge is -2.12. The van der Waals surface area contributed by atoms with Crippen LogP contribution in [0.15, 0.2) is 36.5 Å². The second kappa shape index (κ2) is 5.60. The molecule has 0 fully saturated rings. The van der Waals surface area contributed by atoms with Crippen LogP contribution in [0.5, 0.6) is 5.75 Å². The number of benzene rings is 1. The molecule has 0 saturated heterocycles. The Morgan fingerprint density at radius 3 is 2.89 bits per heavy atom. The summed E-state index contributed by atoms with van der Waals surface area (Å²) < 4.78 is 18.7. The quantitative estimate of drug-likeness (QED) is 0.900. The van der Waals surface area contributed by atoms with Gasteiger partial charge in [0, 0.05) is 18.3 Å². The van der Waals surface area contributed by atoms with Crippen LogP contribution in [0.4, 0.5) is 4.39 Å². The highest BCUT2D eigenvalue weighted by Crippen LogP contribution is 2.30. The molecule has 0 radical (unpaired) electrons. The Bertz CT molecular complexity index is 543. The lowest BCUT2D eigenvalue weighted by atomic mass is 10.0. The fraction of sp³-hybridized carbons (Fsp3) is 0.214. The molecule has 1 heterocycles. The first-order valence-corrected chi connectivity index (χ1v) is 5.68. The summed E-state index contributed by atoms with van der Waals surface area (Å²) >= 11 is 0. The van der Waals surface area contributed by atoms with E-state index in [4.69, 9.17) is 4.74 Å². The molecule has 94 valence electrons. The molecule has 18 heavy (non-hydrogen) atoms. The smallest absolute Gasteiger partial charge is 0.145 e. The van der Waals surface area contributed by atoms with Crippen LogP contribution in [-0.4, -0.2) is 19.1 Å². The van der Waals surface area contributed by atoms with E-state index in [1.165, 1.54) is 12.1 Å². The maximum atomic E-state index is 13.4. The van der Waals surface area contributed by atoms with Crippen molar-refractivity contribution in [1.29, 1.82) is 0 Å². The zero-order chi connectivity index (χ0) is 13.0. The van der Waals surface area contributed by atoms with Crippen molar-refractivity contribution in [3.05, 3.63) is 47.9 Å². The topological polar surface area (TPSA) is 34.2 Å². The third kappa shape index (κ3) is 2.49. The normalized spacial score (nSPS) is 10.4. The van der Waals surface area contributed by atoms with E-state index in [1.54, 1.807) is 25.4 Å². The molecule has 1 aromatic carbocycles. The van der Waals surface area contributed by atoms with E-state index >= 15 is 0 Å². The van der Waals surface area contributed by atoms with Crippen LogP contribution in [0.1, 0.15) is 5.56 Å². The lowest BCUT2D eigenvalue weighted by Crippen LogP contribution is -2.07. The summed E-state index contributed by atoms with van der Waals surface area (Å²) in [7, 11) is 3.43. The minimum Gasteiger partial charge on any atom is -0.494 e. The first kappa shape index (κ1) is 12.5. The summed E-state index contributed by atoms with van der Waals surface area (Å²) in [6.07, 6.45) is 1.67. The first-order chi connectivity index (χ1) is 8.76. The molecule has 0 bridgehead atoms. The molecule has 0 aliphatic carbocycles. The minimum absolute atomic E-state index is 0.280. The third-order valence-electron chi connectivity index (χ3n) is 2.68. The number of nitrogens with one attached hydrogen (secondary N) is 1. The third-order valence-corrected chi connectivity index (χ3v) is 2.68. The number of aromatic nitrogens is 1. The Kier molecular flexibility index (Phi) is 3.89. The van der Waals surface area contributed by atoms with Gasteiger partial charge >= 0.3 is 0 Å². The van der Waals surface area contributed by atoms with Gasteiger partial charge in [-0.15, -0.1) is 0 Å². The Morgan fingerprint density at radius 1 is 1.33 bits per heavy atom. The number of ether oxygens (including phenoxy) is 1. The fourth-order valence-corrected chi connectivity index (χ4v) is 1.87. The Morgan fingerprint density at radius 2 is 2.17 bits per heavy atom. The molecule has 1 aromatic heterocycles. The van der Waals surface area contributed by atoms with Gasteiger partial charge in [0.15, 0.2) is 0 Å².